The molecule has 1 N–H and O–H groups in total. The summed E-state index contributed by atoms with van der Waals surface area (Å²) < 4.78 is 6.39. The third-order valence-electron chi connectivity index (χ3n) is 7.58. The normalized spacial score (nSPS) is 33.8. The SMILES string of the molecule is CCN1CCN(CCNC(=O)[C@@H]2[C@@H]3CC[C@@]4(CC(=O)c5ccccc5O4)[C@H]32)CC1. The lowest BCUT2D eigenvalue weighted by Gasteiger charge is -2.37. The molecule has 29 heavy (non-hydrogen) atoms. The second kappa shape index (κ2) is 7.40. The smallest absolute Gasteiger partial charge is 0.223 e. The number of carbonyl (C=O) groups is 2. The molecule has 0 radical (unpaired) electrons. The van der Waals surface area contributed by atoms with E-state index >= 15 is 0 Å². The van der Waals surface area contributed by atoms with Gasteiger partial charge in [0.1, 0.15) is 11.4 Å². The van der Waals surface area contributed by atoms with Crippen LogP contribution in [0.1, 0.15) is 36.5 Å². The Morgan fingerprint density at radius 1 is 1.21 bits per heavy atom. The second-order valence-electron chi connectivity index (χ2n) is 9.08. The van der Waals surface area contributed by atoms with Gasteiger partial charge in [0, 0.05) is 51.1 Å². The van der Waals surface area contributed by atoms with E-state index in [1.54, 1.807) is 0 Å². The van der Waals surface area contributed by atoms with Crippen LogP contribution in [0.15, 0.2) is 24.3 Å². The standard InChI is InChI=1S/C23H31N3O3/c1-2-25-11-13-26(14-12-25)10-9-24-22(28)20-17-7-8-23(21(17)20)15-18(27)16-5-3-4-6-19(16)29-23/h3-6,17,20-21H,2,7-15H2,1H3,(H,24,28)/t17-,20+,21+,23+/m0/s1. The number of ether oxygens (including phenoxy) is 1. The zero-order chi connectivity index (χ0) is 20.0. The van der Waals surface area contributed by atoms with Crippen LogP contribution in [-0.4, -0.2) is 72.9 Å². The van der Waals surface area contributed by atoms with Crippen LogP contribution in [0.2, 0.25) is 0 Å². The lowest BCUT2D eigenvalue weighted by molar-refractivity contribution is -0.124. The molecule has 4 atom stereocenters. The Morgan fingerprint density at radius 2 is 1.97 bits per heavy atom. The minimum Gasteiger partial charge on any atom is -0.486 e. The van der Waals surface area contributed by atoms with Crippen LogP contribution in [0.25, 0.3) is 0 Å². The summed E-state index contributed by atoms with van der Waals surface area (Å²) in [6.07, 6.45) is 2.28. The van der Waals surface area contributed by atoms with E-state index in [1.165, 1.54) is 0 Å². The largest absolute Gasteiger partial charge is 0.486 e. The summed E-state index contributed by atoms with van der Waals surface area (Å²) >= 11 is 0. The highest BCUT2D eigenvalue weighted by Crippen LogP contribution is 2.65. The molecule has 0 aromatic heterocycles. The van der Waals surface area contributed by atoms with E-state index in [4.69, 9.17) is 4.74 Å². The van der Waals surface area contributed by atoms with Crippen molar-refractivity contribution in [3.8, 4) is 5.75 Å². The Bertz CT molecular complexity index is 804. The van der Waals surface area contributed by atoms with Crippen LogP contribution in [0.4, 0.5) is 0 Å². The number of likely N-dealkylation sites (N-methyl/N-ethyl adjacent to an activating group) is 1. The number of Topliss-reactive ketones (excluding diaryl/α,β-unsaturated/α-hetero) is 1. The summed E-state index contributed by atoms with van der Waals surface area (Å²) in [6, 6.07) is 7.52. The zero-order valence-electron chi connectivity index (χ0n) is 17.2. The van der Waals surface area contributed by atoms with Crippen molar-refractivity contribution in [2.75, 3.05) is 45.8 Å². The lowest BCUT2D eigenvalue weighted by atomic mass is 9.84. The van der Waals surface area contributed by atoms with Crippen LogP contribution in [0, 0.1) is 17.8 Å². The van der Waals surface area contributed by atoms with E-state index in [9.17, 15) is 9.59 Å². The molecule has 2 saturated carbocycles. The molecule has 6 heteroatoms. The minimum atomic E-state index is -0.464. The highest BCUT2D eigenvalue weighted by Gasteiger charge is 2.70. The quantitative estimate of drug-likeness (QED) is 0.821. The maximum Gasteiger partial charge on any atom is 0.223 e. The van der Waals surface area contributed by atoms with Gasteiger partial charge < -0.3 is 15.0 Å². The van der Waals surface area contributed by atoms with Gasteiger partial charge in [0.2, 0.25) is 5.91 Å². The van der Waals surface area contributed by atoms with Gasteiger partial charge in [-0.15, -0.1) is 0 Å². The number of piperazine rings is 1. The number of hydrogen-bond donors (Lipinski definition) is 1. The van der Waals surface area contributed by atoms with Gasteiger partial charge in [-0.05, 0) is 37.4 Å². The zero-order valence-corrected chi connectivity index (χ0v) is 17.2. The molecule has 5 rings (SSSR count). The average Bonchev–Trinajstić information content (AvgIpc) is 3.39. The Balaban J connectivity index is 1.15. The van der Waals surface area contributed by atoms with Crippen molar-refractivity contribution < 1.29 is 14.3 Å². The van der Waals surface area contributed by atoms with Crippen LogP contribution >= 0.6 is 0 Å². The van der Waals surface area contributed by atoms with Crippen molar-refractivity contribution in [1.29, 1.82) is 0 Å². The lowest BCUT2D eigenvalue weighted by Crippen LogP contribution is -2.48. The van der Waals surface area contributed by atoms with Crippen molar-refractivity contribution in [1.82, 2.24) is 15.1 Å². The van der Waals surface area contributed by atoms with Gasteiger partial charge in [-0.3, -0.25) is 14.5 Å². The Labute approximate surface area is 172 Å². The van der Waals surface area contributed by atoms with Crippen LogP contribution < -0.4 is 10.1 Å². The number of amides is 1. The number of rotatable bonds is 5. The first-order valence-electron chi connectivity index (χ1n) is 11.1. The topological polar surface area (TPSA) is 61.9 Å². The van der Waals surface area contributed by atoms with Gasteiger partial charge in [-0.2, -0.15) is 0 Å². The van der Waals surface area contributed by atoms with Gasteiger partial charge in [-0.25, -0.2) is 0 Å². The molecule has 2 aliphatic heterocycles. The van der Waals surface area contributed by atoms with E-state index in [0.717, 1.165) is 52.1 Å². The second-order valence-corrected chi connectivity index (χ2v) is 9.08. The van der Waals surface area contributed by atoms with Gasteiger partial charge >= 0.3 is 0 Å². The molecular weight excluding hydrogens is 366 g/mol. The van der Waals surface area contributed by atoms with Crippen LogP contribution in [-0.2, 0) is 4.79 Å². The summed E-state index contributed by atoms with van der Waals surface area (Å²) in [5.41, 5.74) is 0.223. The maximum absolute atomic E-state index is 12.8. The molecule has 1 spiro atoms. The molecule has 2 aliphatic carbocycles. The molecule has 1 aromatic carbocycles. The summed E-state index contributed by atoms with van der Waals surface area (Å²) in [7, 11) is 0. The van der Waals surface area contributed by atoms with Crippen molar-refractivity contribution in [2.45, 2.75) is 31.8 Å². The summed E-state index contributed by atoms with van der Waals surface area (Å²) in [5.74, 6) is 1.58. The van der Waals surface area contributed by atoms with Crippen molar-refractivity contribution in [3.63, 3.8) is 0 Å². The molecule has 1 aromatic rings. The molecular formula is C23H31N3O3. The fourth-order valence-corrected chi connectivity index (χ4v) is 5.90. The molecule has 156 valence electrons. The molecule has 0 bridgehead atoms. The number of carbonyl (C=O) groups excluding carboxylic acids is 2. The Hall–Kier alpha value is -1.92. The highest BCUT2D eigenvalue weighted by molar-refractivity contribution is 6.00. The highest BCUT2D eigenvalue weighted by atomic mass is 16.5. The fourth-order valence-electron chi connectivity index (χ4n) is 5.90. The fraction of sp³-hybridized carbons (Fsp3) is 0.652. The van der Waals surface area contributed by atoms with E-state index in [-0.39, 0.29) is 23.5 Å². The Kier molecular flexibility index (Phi) is 4.87. The first kappa shape index (κ1) is 19.1. The van der Waals surface area contributed by atoms with Gasteiger partial charge in [0.25, 0.3) is 0 Å². The molecule has 1 amide bonds. The summed E-state index contributed by atoms with van der Waals surface area (Å²) in [6.45, 7) is 9.34. The third-order valence-corrected chi connectivity index (χ3v) is 7.58. The molecule has 1 saturated heterocycles. The number of fused-ring (bicyclic) bond motifs is 3. The molecule has 3 fully saturated rings. The molecule has 2 heterocycles. The summed E-state index contributed by atoms with van der Waals surface area (Å²) in [4.78, 5) is 30.4. The van der Waals surface area contributed by atoms with E-state index in [2.05, 4.69) is 22.0 Å². The monoisotopic (exact) mass is 397 g/mol. The van der Waals surface area contributed by atoms with E-state index in [0.29, 0.717) is 30.2 Å². The number of hydrogen-bond acceptors (Lipinski definition) is 5. The van der Waals surface area contributed by atoms with Gasteiger partial charge in [0.15, 0.2) is 5.78 Å². The van der Waals surface area contributed by atoms with Gasteiger partial charge in [0.05, 0.1) is 12.0 Å². The number of para-hydroxylation sites is 1. The number of nitrogens with one attached hydrogen (secondary N) is 1. The minimum absolute atomic E-state index is 0.0127. The first-order chi connectivity index (χ1) is 14.1. The molecule has 4 aliphatic rings. The van der Waals surface area contributed by atoms with Crippen molar-refractivity contribution in [3.05, 3.63) is 29.8 Å². The third kappa shape index (κ3) is 3.36. The summed E-state index contributed by atoms with van der Waals surface area (Å²) in [5, 5.41) is 3.16. The molecule has 6 nitrogen and oxygen atoms in total. The number of benzene rings is 1. The van der Waals surface area contributed by atoms with E-state index < -0.39 is 5.60 Å². The first-order valence-corrected chi connectivity index (χ1v) is 11.1. The number of ketones is 1. The average molecular weight is 398 g/mol. The maximum atomic E-state index is 12.8. The van der Waals surface area contributed by atoms with Crippen molar-refractivity contribution in [2.24, 2.45) is 17.8 Å². The van der Waals surface area contributed by atoms with Crippen LogP contribution in [0.5, 0.6) is 5.75 Å². The number of nitrogens with zero attached hydrogens (tertiary/aromatic N) is 2. The molecule has 0 unspecified atom stereocenters. The van der Waals surface area contributed by atoms with Crippen LogP contribution in [0.3, 0.4) is 0 Å². The Morgan fingerprint density at radius 3 is 2.76 bits per heavy atom. The van der Waals surface area contributed by atoms with E-state index in [1.807, 2.05) is 24.3 Å². The van der Waals surface area contributed by atoms with Gasteiger partial charge in [-0.1, -0.05) is 19.1 Å². The predicted octanol–water partition coefficient (Wildman–Crippen LogP) is 1.80. The van der Waals surface area contributed by atoms with Crippen molar-refractivity contribution >= 4 is 11.7 Å². The predicted molar refractivity (Wildman–Crippen MR) is 110 cm³/mol.